The van der Waals surface area contributed by atoms with E-state index in [1.807, 2.05) is 56.3 Å². The molecule has 0 saturated heterocycles. The van der Waals surface area contributed by atoms with E-state index < -0.39 is 0 Å². The van der Waals surface area contributed by atoms with E-state index in [4.69, 9.17) is 4.42 Å². The van der Waals surface area contributed by atoms with Crippen molar-refractivity contribution in [3.63, 3.8) is 0 Å². The van der Waals surface area contributed by atoms with Crippen molar-refractivity contribution < 1.29 is 9.21 Å². The molecule has 2 aromatic carbocycles. The van der Waals surface area contributed by atoms with Gasteiger partial charge in [-0.1, -0.05) is 24.3 Å². The molecule has 6 nitrogen and oxygen atoms in total. The molecule has 0 unspecified atom stereocenters. The summed E-state index contributed by atoms with van der Waals surface area (Å²) in [7, 11) is 0. The molecule has 2 aromatic heterocycles. The van der Waals surface area contributed by atoms with Gasteiger partial charge in [0.15, 0.2) is 0 Å². The number of carbonyl (C=O) groups excluding carboxylic acids is 1. The molecule has 0 bridgehead atoms. The van der Waals surface area contributed by atoms with Gasteiger partial charge in [0.05, 0.1) is 17.6 Å². The Morgan fingerprint density at radius 1 is 1.18 bits per heavy atom. The first kappa shape index (κ1) is 18.0. The average Bonchev–Trinajstić information content (AvgIpc) is 3.09. The minimum absolute atomic E-state index is 0.136. The monoisotopic (exact) mass is 375 g/mol. The van der Waals surface area contributed by atoms with Crippen LogP contribution in [0, 0.1) is 13.8 Å². The predicted molar refractivity (Wildman–Crippen MR) is 108 cm³/mol. The molecule has 0 radical (unpaired) electrons. The van der Waals surface area contributed by atoms with E-state index in [1.165, 1.54) is 0 Å². The van der Waals surface area contributed by atoms with Crippen LogP contribution in [0.4, 0.5) is 0 Å². The van der Waals surface area contributed by atoms with E-state index in [9.17, 15) is 9.59 Å². The third kappa shape index (κ3) is 3.53. The Morgan fingerprint density at radius 2 is 2.00 bits per heavy atom. The van der Waals surface area contributed by atoms with Crippen LogP contribution in [0.5, 0.6) is 0 Å². The van der Waals surface area contributed by atoms with Crippen LogP contribution >= 0.6 is 0 Å². The Bertz CT molecular complexity index is 1200. The van der Waals surface area contributed by atoms with Crippen LogP contribution < -0.4 is 10.9 Å². The quantitative estimate of drug-likeness (QED) is 0.522. The van der Waals surface area contributed by atoms with Crippen molar-refractivity contribution in [3.8, 4) is 0 Å². The van der Waals surface area contributed by atoms with Crippen molar-refractivity contribution in [2.24, 2.45) is 0 Å². The standard InChI is InChI=1S/C22H21N3O3/c1-13-7-8-15-14(2)16(22(27)28-19(15)11-13)9-10-21(26)23-12-20-24-17-5-3-4-6-18(17)25-20/h3-8,11H,9-10,12H2,1-2H3,(H,23,26)(H,24,25). The third-order valence-electron chi connectivity index (χ3n) is 4.94. The fourth-order valence-electron chi connectivity index (χ4n) is 3.39. The molecule has 0 fully saturated rings. The topological polar surface area (TPSA) is 88.0 Å². The number of nitrogens with one attached hydrogen (secondary N) is 2. The van der Waals surface area contributed by atoms with Crippen molar-refractivity contribution in [1.82, 2.24) is 15.3 Å². The number of hydrogen-bond acceptors (Lipinski definition) is 4. The van der Waals surface area contributed by atoms with E-state index in [-0.39, 0.29) is 18.0 Å². The number of nitrogens with zero attached hydrogens (tertiary/aromatic N) is 1. The van der Waals surface area contributed by atoms with Gasteiger partial charge >= 0.3 is 5.63 Å². The summed E-state index contributed by atoms with van der Waals surface area (Å²) in [5.74, 6) is 0.564. The maximum Gasteiger partial charge on any atom is 0.339 e. The highest BCUT2D eigenvalue weighted by Gasteiger charge is 2.13. The third-order valence-corrected chi connectivity index (χ3v) is 4.94. The molecule has 0 spiro atoms. The van der Waals surface area contributed by atoms with Crippen LogP contribution in [0.1, 0.15) is 28.9 Å². The number of aryl methyl sites for hydroxylation is 2. The number of aromatic nitrogens is 2. The van der Waals surface area contributed by atoms with Gasteiger partial charge in [-0.3, -0.25) is 4.79 Å². The molecule has 2 heterocycles. The normalized spacial score (nSPS) is 11.2. The minimum atomic E-state index is -0.374. The highest BCUT2D eigenvalue weighted by atomic mass is 16.4. The second kappa shape index (κ2) is 7.31. The van der Waals surface area contributed by atoms with Gasteiger partial charge in [-0.2, -0.15) is 0 Å². The zero-order valence-corrected chi connectivity index (χ0v) is 15.8. The molecule has 4 rings (SSSR count). The van der Waals surface area contributed by atoms with Crippen LogP contribution in [0.25, 0.3) is 22.0 Å². The van der Waals surface area contributed by atoms with Crippen molar-refractivity contribution >= 4 is 27.9 Å². The predicted octanol–water partition coefficient (Wildman–Crippen LogP) is 3.54. The molecule has 1 amide bonds. The summed E-state index contributed by atoms with van der Waals surface area (Å²) in [6.45, 7) is 4.17. The van der Waals surface area contributed by atoms with Crippen molar-refractivity contribution in [2.75, 3.05) is 0 Å². The lowest BCUT2D eigenvalue weighted by molar-refractivity contribution is -0.121. The SMILES string of the molecule is Cc1ccc2c(C)c(CCC(=O)NCc3nc4ccccc4[nH]3)c(=O)oc2c1. The van der Waals surface area contributed by atoms with Crippen LogP contribution in [-0.2, 0) is 17.8 Å². The second-order valence-corrected chi connectivity index (χ2v) is 6.97. The van der Waals surface area contributed by atoms with Crippen LogP contribution in [0.15, 0.2) is 51.7 Å². The van der Waals surface area contributed by atoms with E-state index >= 15 is 0 Å². The van der Waals surface area contributed by atoms with Crippen LogP contribution in [-0.4, -0.2) is 15.9 Å². The number of carbonyl (C=O) groups is 1. The summed E-state index contributed by atoms with van der Waals surface area (Å²) in [5, 5.41) is 3.75. The molecular weight excluding hydrogens is 354 g/mol. The molecule has 0 atom stereocenters. The lowest BCUT2D eigenvalue weighted by Gasteiger charge is -2.08. The first-order valence-corrected chi connectivity index (χ1v) is 9.24. The van der Waals surface area contributed by atoms with Crippen LogP contribution in [0.3, 0.4) is 0 Å². The van der Waals surface area contributed by atoms with E-state index in [1.54, 1.807) is 0 Å². The Balaban J connectivity index is 1.43. The number of hydrogen-bond donors (Lipinski definition) is 2. The highest BCUT2D eigenvalue weighted by molar-refractivity contribution is 5.82. The summed E-state index contributed by atoms with van der Waals surface area (Å²) in [5.41, 5.74) is 4.47. The van der Waals surface area contributed by atoms with Crippen molar-refractivity contribution in [1.29, 1.82) is 0 Å². The number of amides is 1. The Hall–Kier alpha value is -3.41. The molecule has 28 heavy (non-hydrogen) atoms. The van der Waals surface area contributed by atoms with Gasteiger partial charge in [0, 0.05) is 17.4 Å². The second-order valence-electron chi connectivity index (χ2n) is 6.97. The fraction of sp³-hybridized carbons (Fsp3) is 0.227. The lowest BCUT2D eigenvalue weighted by atomic mass is 10.0. The van der Waals surface area contributed by atoms with E-state index in [2.05, 4.69) is 15.3 Å². The fourth-order valence-corrected chi connectivity index (χ4v) is 3.39. The van der Waals surface area contributed by atoms with E-state index in [0.29, 0.717) is 29.9 Å². The van der Waals surface area contributed by atoms with Gasteiger partial charge in [0.2, 0.25) is 5.91 Å². The first-order valence-electron chi connectivity index (χ1n) is 9.24. The molecule has 0 aliphatic carbocycles. The number of imidazole rings is 1. The van der Waals surface area contributed by atoms with Gasteiger partial charge in [0.25, 0.3) is 0 Å². The van der Waals surface area contributed by atoms with Gasteiger partial charge in [-0.25, -0.2) is 9.78 Å². The molecule has 0 aliphatic rings. The number of benzene rings is 2. The number of rotatable bonds is 5. The van der Waals surface area contributed by atoms with Gasteiger partial charge < -0.3 is 14.7 Å². The summed E-state index contributed by atoms with van der Waals surface area (Å²) in [4.78, 5) is 32.2. The molecule has 0 aliphatic heterocycles. The number of aromatic amines is 1. The van der Waals surface area contributed by atoms with E-state index in [0.717, 1.165) is 27.5 Å². The molecule has 2 N–H and O–H groups in total. The maximum absolute atomic E-state index is 12.3. The molecule has 4 aromatic rings. The van der Waals surface area contributed by atoms with Crippen molar-refractivity contribution in [3.05, 3.63) is 75.4 Å². The molecule has 0 saturated carbocycles. The Morgan fingerprint density at radius 3 is 2.82 bits per heavy atom. The van der Waals surface area contributed by atoms with Gasteiger partial charge in [-0.05, 0) is 49.6 Å². The summed E-state index contributed by atoms with van der Waals surface area (Å²) in [6, 6.07) is 13.5. The summed E-state index contributed by atoms with van der Waals surface area (Å²) in [6.07, 6.45) is 0.549. The molecule has 142 valence electrons. The molecule has 6 heteroatoms. The average molecular weight is 375 g/mol. The Labute approximate surface area is 161 Å². The molecular formula is C22H21N3O3. The number of H-pyrrole nitrogens is 1. The van der Waals surface area contributed by atoms with Gasteiger partial charge in [0.1, 0.15) is 11.4 Å². The largest absolute Gasteiger partial charge is 0.423 e. The highest BCUT2D eigenvalue weighted by Crippen LogP contribution is 2.21. The smallest absolute Gasteiger partial charge is 0.339 e. The first-order chi connectivity index (χ1) is 13.5. The van der Waals surface area contributed by atoms with Gasteiger partial charge in [-0.15, -0.1) is 0 Å². The zero-order valence-electron chi connectivity index (χ0n) is 15.8. The number of para-hydroxylation sites is 2. The number of fused-ring (bicyclic) bond motifs is 2. The van der Waals surface area contributed by atoms with Crippen LogP contribution in [0.2, 0.25) is 0 Å². The summed E-state index contributed by atoms with van der Waals surface area (Å²) < 4.78 is 5.45. The Kier molecular flexibility index (Phi) is 4.69. The zero-order chi connectivity index (χ0) is 19.7. The summed E-state index contributed by atoms with van der Waals surface area (Å²) >= 11 is 0. The maximum atomic E-state index is 12.3. The van der Waals surface area contributed by atoms with Crippen molar-refractivity contribution in [2.45, 2.75) is 33.2 Å². The lowest BCUT2D eigenvalue weighted by Crippen LogP contribution is -2.24. The minimum Gasteiger partial charge on any atom is -0.423 e.